The normalized spacial score (nSPS) is 25.3. The smallest absolute Gasteiger partial charge is 0.0200 e. The molecule has 0 aliphatic carbocycles. The maximum atomic E-state index is 5.57. The Morgan fingerprint density at radius 3 is 2.71 bits per heavy atom. The topological polar surface area (TPSA) is 41.3 Å². The Hall–Kier alpha value is -0.120. The van der Waals surface area contributed by atoms with E-state index < -0.39 is 0 Å². The predicted octanol–water partition coefficient (Wildman–Crippen LogP) is 0.798. The minimum absolute atomic E-state index is 0.233. The number of nitrogens with one attached hydrogen (secondary N) is 1. The van der Waals surface area contributed by atoms with Crippen LogP contribution in [0.4, 0.5) is 0 Å². The average Bonchev–Trinajstić information content (AvgIpc) is 2.02. The zero-order chi connectivity index (χ0) is 10.6. The zero-order valence-corrected chi connectivity index (χ0v) is 9.84. The first-order valence-electron chi connectivity index (χ1n) is 5.71. The van der Waals surface area contributed by atoms with Crippen molar-refractivity contribution in [2.24, 2.45) is 5.73 Å². The third-order valence-corrected chi connectivity index (χ3v) is 2.59. The molecule has 14 heavy (non-hydrogen) atoms. The van der Waals surface area contributed by atoms with Crippen LogP contribution in [-0.4, -0.2) is 42.7 Å². The van der Waals surface area contributed by atoms with Crippen LogP contribution in [0.5, 0.6) is 0 Å². The number of nitrogens with two attached hydrogens (primary N) is 1. The van der Waals surface area contributed by atoms with Crippen LogP contribution in [0.3, 0.4) is 0 Å². The van der Waals surface area contributed by atoms with Crippen LogP contribution in [0.2, 0.25) is 0 Å². The Kier molecular flexibility index (Phi) is 4.35. The molecule has 3 nitrogen and oxygen atoms in total. The summed E-state index contributed by atoms with van der Waals surface area (Å²) in [5.41, 5.74) is 5.80. The van der Waals surface area contributed by atoms with Gasteiger partial charge < -0.3 is 16.0 Å². The second-order valence-corrected chi connectivity index (χ2v) is 5.32. The van der Waals surface area contributed by atoms with Gasteiger partial charge in [0.05, 0.1) is 0 Å². The molecule has 1 fully saturated rings. The number of hydrogen-bond acceptors (Lipinski definition) is 3. The summed E-state index contributed by atoms with van der Waals surface area (Å²) in [4.78, 5) is 2.47. The molecule has 1 unspecified atom stereocenters. The van der Waals surface area contributed by atoms with E-state index in [1.807, 2.05) is 0 Å². The third kappa shape index (κ3) is 4.40. The molecule has 1 saturated heterocycles. The second-order valence-electron chi connectivity index (χ2n) is 5.32. The van der Waals surface area contributed by atoms with E-state index in [9.17, 15) is 0 Å². The molecule has 1 heterocycles. The summed E-state index contributed by atoms with van der Waals surface area (Å²) in [7, 11) is 0. The van der Waals surface area contributed by atoms with Crippen LogP contribution >= 0.6 is 0 Å². The lowest BCUT2D eigenvalue weighted by atomic mass is 10.0. The van der Waals surface area contributed by atoms with E-state index >= 15 is 0 Å². The van der Waals surface area contributed by atoms with E-state index in [0.29, 0.717) is 6.04 Å². The Morgan fingerprint density at radius 1 is 1.43 bits per heavy atom. The van der Waals surface area contributed by atoms with Crippen molar-refractivity contribution in [2.45, 2.75) is 45.2 Å². The Bertz CT molecular complexity index is 160. The van der Waals surface area contributed by atoms with Crippen molar-refractivity contribution in [1.29, 1.82) is 0 Å². The monoisotopic (exact) mass is 199 g/mol. The van der Waals surface area contributed by atoms with Gasteiger partial charge in [-0.15, -0.1) is 0 Å². The molecule has 0 aromatic heterocycles. The number of nitrogens with zero attached hydrogens (tertiary/aromatic N) is 1. The molecular formula is C11H25N3. The molecule has 1 aliphatic rings. The van der Waals surface area contributed by atoms with Gasteiger partial charge in [0.25, 0.3) is 0 Å². The molecule has 0 bridgehead atoms. The van der Waals surface area contributed by atoms with E-state index in [-0.39, 0.29) is 5.54 Å². The maximum absolute atomic E-state index is 5.57. The summed E-state index contributed by atoms with van der Waals surface area (Å²) < 4.78 is 0. The van der Waals surface area contributed by atoms with Gasteiger partial charge >= 0.3 is 0 Å². The first-order chi connectivity index (χ1) is 6.51. The van der Waals surface area contributed by atoms with Crippen molar-refractivity contribution >= 4 is 0 Å². The van der Waals surface area contributed by atoms with Crippen molar-refractivity contribution in [3.05, 3.63) is 0 Å². The lowest BCUT2D eigenvalue weighted by Crippen LogP contribution is -2.52. The summed E-state index contributed by atoms with van der Waals surface area (Å²) in [6, 6.07) is 0.648. The van der Waals surface area contributed by atoms with Crippen LogP contribution in [0.25, 0.3) is 0 Å². The van der Waals surface area contributed by atoms with E-state index in [2.05, 4.69) is 31.0 Å². The largest absolute Gasteiger partial charge is 0.329 e. The highest BCUT2D eigenvalue weighted by Gasteiger charge is 2.22. The molecule has 84 valence electrons. The van der Waals surface area contributed by atoms with Crippen LogP contribution in [-0.2, 0) is 0 Å². The highest BCUT2D eigenvalue weighted by Crippen LogP contribution is 2.12. The lowest BCUT2D eigenvalue weighted by Gasteiger charge is -2.36. The summed E-state index contributed by atoms with van der Waals surface area (Å²) in [5.74, 6) is 0. The molecule has 0 aromatic carbocycles. The van der Waals surface area contributed by atoms with Crippen LogP contribution in [0.1, 0.15) is 33.6 Å². The maximum Gasteiger partial charge on any atom is 0.0200 e. The summed E-state index contributed by atoms with van der Waals surface area (Å²) in [5, 5.41) is 3.66. The standard InChI is InChI=1S/C11H25N3/c1-11(2,3)13-10-5-4-7-14(9-10)8-6-12/h10,13H,4-9,12H2,1-3H3. The lowest BCUT2D eigenvalue weighted by molar-refractivity contribution is 0.176. The first-order valence-corrected chi connectivity index (χ1v) is 5.71. The van der Waals surface area contributed by atoms with Gasteiger partial charge in [-0.2, -0.15) is 0 Å². The molecule has 3 heteroatoms. The van der Waals surface area contributed by atoms with Gasteiger partial charge in [-0.05, 0) is 40.2 Å². The van der Waals surface area contributed by atoms with Crippen LogP contribution in [0.15, 0.2) is 0 Å². The van der Waals surface area contributed by atoms with E-state index in [4.69, 9.17) is 5.73 Å². The highest BCUT2D eigenvalue weighted by atomic mass is 15.2. The average molecular weight is 199 g/mol. The van der Waals surface area contributed by atoms with Crippen molar-refractivity contribution in [2.75, 3.05) is 26.2 Å². The zero-order valence-electron chi connectivity index (χ0n) is 9.84. The van der Waals surface area contributed by atoms with E-state index in [1.165, 1.54) is 19.4 Å². The molecule has 1 rings (SSSR count). The number of rotatable bonds is 3. The van der Waals surface area contributed by atoms with Gasteiger partial charge in [-0.3, -0.25) is 0 Å². The van der Waals surface area contributed by atoms with Gasteiger partial charge in [0.1, 0.15) is 0 Å². The van der Waals surface area contributed by atoms with Gasteiger partial charge in [-0.1, -0.05) is 0 Å². The van der Waals surface area contributed by atoms with Crippen molar-refractivity contribution in [3.8, 4) is 0 Å². The first kappa shape index (κ1) is 12.0. The van der Waals surface area contributed by atoms with Crippen LogP contribution in [0, 0.1) is 0 Å². The number of hydrogen-bond donors (Lipinski definition) is 2. The molecule has 1 aliphatic heterocycles. The fourth-order valence-corrected chi connectivity index (χ4v) is 2.17. The Morgan fingerprint density at radius 2 is 2.14 bits per heavy atom. The minimum atomic E-state index is 0.233. The van der Waals surface area contributed by atoms with E-state index in [0.717, 1.165) is 19.6 Å². The molecule has 0 aromatic rings. The van der Waals surface area contributed by atoms with Crippen molar-refractivity contribution < 1.29 is 0 Å². The fourth-order valence-electron chi connectivity index (χ4n) is 2.17. The summed E-state index contributed by atoms with van der Waals surface area (Å²) in [6.07, 6.45) is 2.60. The fraction of sp³-hybridized carbons (Fsp3) is 1.00. The highest BCUT2D eigenvalue weighted by molar-refractivity contribution is 4.83. The predicted molar refractivity (Wildman–Crippen MR) is 61.4 cm³/mol. The van der Waals surface area contributed by atoms with Gasteiger partial charge in [-0.25, -0.2) is 0 Å². The SMILES string of the molecule is CC(C)(C)NC1CCCN(CCN)C1. The molecular weight excluding hydrogens is 174 g/mol. The number of piperidine rings is 1. The Balaban J connectivity index is 2.32. The van der Waals surface area contributed by atoms with Crippen molar-refractivity contribution in [1.82, 2.24) is 10.2 Å². The van der Waals surface area contributed by atoms with Crippen LogP contribution < -0.4 is 11.1 Å². The number of likely N-dealkylation sites (tertiary alicyclic amines) is 1. The minimum Gasteiger partial charge on any atom is -0.329 e. The molecule has 0 spiro atoms. The summed E-state index contributed by atoms with van der Waals surface area (Å²) >= 11 is 0. The van der Waals surface area contributed by atoms with Gasteiger partial charge in [0, 0.05) is 31.2 Å². The third-order valence-electron chi connectivity index (χ3n) is 2.59. The molecule has 1 atom stereocenters. The summed E-state index contributed by atoms with van der Waals surface area (Å²) in [6.45, 7) is 10.9. The van der Waals surface area contributed by atoms with Crippen molar-refractivity contribution in [3.63, 3.8) is 0 Å². The second kappa shape index (κ2) is 5.10. The Labute approximate surface area is 88.0 Å². The van der Waals surface area contributed by atoms with Gasteiger partial charge in [0.2, 0.25) is 0 Å². The van der Waals surface area contributed by atoms with Gasteiger partial charge in [0.15, 0.2) is 0 Å². The molecule has 0 radical (unpaired) electrons. The molecule has 0 saturated carbocycles. The molecule has 3 N–H and O–H groups in total. The quantitative estimate of drug-likeness (QED) is 0.706. The molecule has 0 amide bonds. The van der Waals surface area contributed by atoms with E-state index in [1.54, 1.807) is 0 Å².